The number of aromatic amines is 1. The zero-order chi connectivity index (χ0) is 34.2. The number of hydrogen-bond acceptors (Lipinski definition) is 5. The van der Waals surface area contributed by atoms with Crippen molar-refractivity contribution in [2.45, 2.75) is 170 Å². The fourth-order valence-electron chi connectivity index (χ4n) is 6.57. The van der Waals surface area contributed by atoms with Crippen LogP contribution in [0, 0.1) is 28.6 Å². The summed E-state index contributed by atoms with van der Waals surface area (Å²) in [7, 11) is 1.64. The van der Waals surface area contributed by atoms with Crippen molar-refractivity contribution in [1.29, 1.82) is 0 Å². The molecule has 2 heterocycles. The van der Waals surface area contributed by atoms with Crippen LogP contribution in [-0.4, -0.2) is 41.3 Å². The molecule has 1 amide bonds. The average Bonchev–Trinajstić information content (AvgIpc) is 3.36. The van der Waals surface area contributed by atoms with Crippen LogP contribution in [0.15, 0.2) is 15.8 Å². The molecule has 1 saturated heterocycles. The third-order valence-corrected chi connectivity index (χ3v) is 9.68. The number of carbonyl (C=O) groups excluding carboxylic acids is 1. The van der Waals surface area contributed by atoms with Crippen molar-refractivity contribution in [2.75, 3.05) is 13.7 Å². The lowest BCUT2D eigenvalue weighted by Crippen LogP contribution is -2.41. The molecular formula is C38H65N3O5. The van der Waals surface area contributed by atoms with Gasteiger partial charge in [0.05, 0.1) is 12.6 Å². The van der Waals surface area contributed by atoms with E-state index in [0.29, 0.717) is 6.42 Å². The van der Waals surface area contributed by atoms with Crippen LogP contribution >= 0.6 is 0 Å². The molecule has 0 aromatic carbocycles. The number of aromatic nitrogens is 2. The van der Waals surface area contributed by atoms with E-state index in [4.69, 9.17) is 9.47 Å². The average molecular weight is 644 g/mol. The predicted molar refractivity (Wildman–Crippen MR) is 188 cm³/mol. The molecule has 8 heteroatoms. The van der Waals surface area contributed by atoms with Gasteiger partial charge in [-0.3, -0.25) is 19.1 Å². The van der Waals surface area contributed by atoms with Crippen LogP contribution < -0.4 is 16.6 Å². The minimum absolute atomic E-state index is 0.0341. The molecule has 1 aromatic rings. The third-order valence-electron chi connectivity index (χ3n) is 9.68. The Morgan fingerprint density at radius 3 is 2.02 bits per heavy atom. The summed E-state index contributed by atoms with van der Waals surface area (Å²) in [6.45, 7) is 15.5. The Labute approximate surface area is 279 Å². The van der Waals surface area contributed by atoms with E-state index in [0.717, 1.165) is 25.7 Å². The lowest BCUT2D eigenvalue weighted by molar-refractivity contribution is -0.120. The van der Waals surface area contributed by atoms with E-state index in [1.54, 1.807) is 7.11 Å². The number of carbonyl (C=O) groups is 1. The van der Waals surface area contributed by atoms with Crippen LogP contribution in [0.3, 0.4) is 0 Å². The summed E-state index contributed by atoms with van der Waals surface area (Å²) in [6, 6.07) is 0. The summed E-state index contributed by atoms with van der Waals surface area (Å²) in [5, 5.41) is 2.83. The highest BCUT2D eigenvalue weighted by molar-refractivity contribution is 5.76. The molecule has 1 fully saturated rings. The Kier molecular flexibility index (Phi) is 17.4. The fraction of sp³-hybridized carbons (Fsp3) is 0.816. The predicted octanol–water partition coefficient (Wildman–Crippen LogP) is 7.89. The van der Waals surface area contributed by atoms with Crippen molar-refractivity contribution < 1.29 is 14.3 Å². The fourth-order valence-corrected chi connectivity index (χ4v) is 6.57. The van der Waals surface area contributed by atoms with Gasteiger partial charge in [0.1, 0.15) is 11.7 Å². The molecule has 1 aliphatic heterocycles. The molecule has 46 heavy (non-hydrogen) atoms. The minimum Gasteiger partial charge on any atom is -0.376 e. The van der Waals surface area contributed by atoms with Crippen molar-refractivity contribution in [3.8, 4) is 11.8 Å². The molecule has 2 N–H and O–H groups in total. The number of hydrogen-bond donors (Lipinski definition) is 2. The number of nitrogens with one attached hydrogen (secondary N) is 2. The molecule has 8 nitrogen and oxygen atoms in total. The minimum atomic E-state index is -0.697. The summed E-state index contributed by atoms with van der Waals surface area (Å²) in [4.78, 5) is 40.3. The molecule has 2 rings (SSSR count). The van der Waals surface area contributed by atoms with Gasteiger partial charge >= 0.3 is 5.69 Å². The second-order valence-electron chi connectivity index (χ2n) is 15.2. The van der Waals surface area contributed by atoms with Crippen molar-refractivity contribution in [1.82, 2.24) is 14.9 Å². The van der Waals surface area contributed by atoms with Gasteiger partial charge in [0.15, 0.2) is 6.23 Å². The maximum Gasteiger partial charge on any atom is 0.330 e. The normalized spacial score (nSPS) is 20.0. The van der Waals surface area contributed by atoms with Gasteiger partial charge in [0, 0.05) is 25.6 Å². The van der Waals surface area contributed by atoms with Gasteiger partial charge in [-0.25, -0.2) is 4.79 Å². The van der Waals surface area contributed by atoms with Crippen LogP contribution in [-0.2, 0) is 14.3 Å². The van der Waals surface area contributed by atoms with Gasteiger partial charge in [-0.15, -0.1) is 0 Å². The molecule has 262 valence electrons. The van der Waals surface area contributed by atoms with Crippen molar-refractivity contribution >= 4 is 5.91 Å². The van der Waals surface area contributed by atoms with Gasteiger partial charge in [0.25, 0.3) is 5.56 Å². The molecular weight excluding hydrogens is 578 g/mol. The van der Waals surface area contributed by atoms with E-state index >= 15 is 0 Å². The second-order valence-corrected chi connectivity index (χ2v) is 15.2. The van der Waals surface area contributed by atoms with Gasteiger partial charge in [0.2, 0.25) is 5.91 Å². The highest BCUT2D eigenvalue weighted by atomic mass is 16.6. The Morgan fingerprint density at radius 2 is 1.50 bits per heavy atom. The maximum atomic E-state index is 13.0. The van der Waals surface area contributed by atoms with Gasteiger partial charge in [-0.05, 0) is 23.7 Å². The van der Waals surface area contributed by atoms with E-state index < -0.39 is 17.5 Å². The number of methoxy groups -OCH3 is 1. The second kappa shape index (κ2) is 20.1. The Hall–Kier alpha value is -2.37. The van der Waals surface area contributed by atoms with Gasteiger partial charge < -0.3 is 14.8 Å². The van der Waals surface area contributed by atoms with Crippen molar-refractivity contribution in [3.05, 3.63) is 32.6 Å². The SMILES string of the molecule is CCCCCCCCCCCCCCCC(=O)NCC#Cc1cn(C2OC(CC(C)(C)CC)C(C(C)(C)C)C2OC)c(=O)[nH]c1=O. The van der Waals surface area contributed by atoms with Crippen molar-refractivity contribution in [2.24, 2.45) is 16.7 Å². The number of H-pyrrole nitrogens is 1. The number of ether oxygens (including phenoxy) is 2. The van der Waals surface area contributed by atoms with Crippen LogP contribution in [0.4, 0.5) is 0 Å². The Bertz CT molecular complexity index is 1220. The standard InChI is InChI=1S/C38H65N3O5/c1-9-11-12-13-14-15-16-17-18-19-20-21-22-25-31(42)39-26-23-24-29-28-41(36(44)40-34(29)43)35-33(45-8)32(37(3,4)5)30(46-35)27-38(6,7)10-2/h28,30,32-33,35H,9-22,25-27H2,1-8H3,(H,39,42)(H,40,43,44). The lowest BCUT2D eigenvalue weighted by atomic mass is 9.71. The third kappa shape index (κ3) is 13.4. The summed E-state index contributed by atoms with van der Waals surface area (Å²) >= 11 is 0. The van der Waals surface area contributed by atoms with E-state index in [1.807, 2.05) is 0 Å². The topological polar surface area (TPSA) is 102 Å². The van der Waals surface area contributed by atoms with E-state index in [1.165, 1.54) is 81.4 Å². The van der Waals surface area contributed by atoms with Gasteiger partial charge in [-0.1, -0.05) is 144 Å². The first kappa shape index (κ1) is 39.8. The van der Waals surface area contributed by atoms with Crippen LogP contribution in [0.1, 0.15) is 163 Å². The van der Waals surface area contributed by atoms with Crippen LogP contribution in [0.2, 0.25) is 0 Å². The first-order valence-corrected chi connectivity index (χ1v) is 18.1. The zero-order valence-electron chi connectivity index (χ0n) is 30.4. The van der Waals surface area contributed by atoms with Gasteiger partial charge in [-0.2, -0.15) is 0 Å². The van der Waals surface area contributed by atoms with Crippen LogP contribution in [0.5, 0.6) is 0 Å². The van der Waals surface area contributed by atoms with Crippen molar-refractivity contribution in [3.63, 3.8) is 0 Å². The Morgan fingerprint density at radius 1 is 0.935 bits per heavy atom. The summed E-state index contributed by atoms with van der Waals surface area (Å²) in [5.74, 6) is 5.72. The number of unbranched alkanes of at least 4 members (excludes halogenated alkanes) is 12. The zero-order valence-corrected chi connectivity index (χ0v) is 30.4. The molecule has 0 bridgehead atoms. The Balaban J connectivity index is 1.87. The van der Waals surface area contributed by atoms with E-state index in [-0.39, 0.29) is 47.0 Å². The maximum absolute atomic E-state index is 13.0. The first-order valence-electron chi connectivity index (χ1n) is 18.1. The monoisotopic (exact) mass is 643 g/mol. The highest BCUT2D eigenvalue weighted by Gasteiger charge is 2.52. The smallest absolute Gasteiger partial charge is 0.330 e. The van der Waals surface area contributed by atoms with E-state index in [2.05, 4.69) is 70.6 Å². The summed E-state index contributed by atoms with van der Waals surface area (Å²) in [6.07, 6.45) is 19.1. The summed E-state index contributed by atoms with van der Waals surface area (Å²) < 4.78 is 13.9. The molecule has 1 aliphatic rings. The number of nitrogens with zero attached hydrogens (tertiary/aromatic N) is 1. The molecule has 0 saturated carbocycles. The summed E-state index contributed by atoms with van der Waals surface area (Å²) in [5.41, 5.74) is -1.05. The number of amides is 1. The quantitative estimate of drug-likeness (QED) is 0.111. The molecule has 0 aliphatic carbocycles. The molecule has 0 radical (unpaired) electrons. The first-order chi connectivity index (χ1) is 21.8. The molecule has 1 aromatic heterocycles. The lowest BCUT2D eigenvalue weighted by Gasteiger charge is -2.37. The molecule has 0 spiro atoms. The molecule has 4 atom stereocenters. The highest BCUT2D eigenvalue weighted by Crippen LogP contribution is 2.48. The number of rotatable bonds is 20. The molecule has 4 unspecified atom stereocenters. The van der Waals surface area contributed by atoms with E-state index in [9.17, 15) is 14.4 Å². The largest absolute Gasteiger partial charge is 0.376 e. The van der Waals surface area contributed by atoms with Crippen LogP contribution in [0.25, 0.3) is 0 Å².